The smallest absolute Gasteiger partial charge is 0.0434 e. The normalized spacial score (nSPS) is 10.8. The first-order valence-electron chi connectivity index (χ1n) is 10.2. The van der Waals surface area contributed by atoms with Crippen molar-refractivity contribution in [2.24, 2.45) is 0 Å². The Bertz CT molecular complexity index is 1200. The Morgan fingerprint density at radius 1 is 0.387 bits per heavy atom. The number of hydrogen-bond acceptors (Lipinski definition) is 3. The van der Waals surface area contributed by atoms with Gasteiger partial charge in [-0.3, -0.25) is 0 Å². The van der Waals surface area contributed by atoms with Crippen LogP contribution >= 0.6 is 11.3 Å². The van der Waals surface area contributed by atoms with Crippen LogP contribution in [0.2, 0.25) is 0 Å². The highest BCUT2D eigenvalue weighted by molar-refractivity contribution is 7.20. The van der Waals surface area contributed by atoms with Crippen molar-refractivity contribution in [2.75, 3.05) is 11.5 Å². The van der Waals surface area contributed by atoms with Gasteiger partial charge < -0.3 is 11.5 Å². The highest BCUT2D eigenvalue weighted by Gasteiger charge is 2.22. The second kappa shape index (κ2) is 8.13. The average Bonchev–Trinajstić information content (AvgIpc) is 3.22. The van der Waals surface area contributed by atoms with Crippen LogP contribution in [0, 0.1) is 0 Å². The molecule has 3 heteroatoms. The Labute approximate surface area is 186 Å². The fourth-order valence-electron chi connectivity index (χ4n) is 3.87. The quantitative estimate of drug-likeness (QED) is 0.296. The summed E-state index contributed by atoms with van der Waals surface area (Å²) in [6.45, 7) is 0. The van der Waals surface area contributed by atoms with Gasteiger partial charge in [0.25, 0.3) is 0 Å². The first-order valence-corrected chi connectivity index (χ1v) is 11.0. The molecule has 0 amide bonds. The molecule has 4 N–H and O–H groups in total. The summed E-state index contributed by atoms with van der Waals surface area (Å²) in [6, 6.07) is 37.5. The van der Waals surface area contributed by atoms with E-state index in [0.29, 0.717) is 0 Å². The van der Waals surface area contributed by atoms with Crippen LogP contribution in [0.1, 0.15) is 0 Å². The van der Waals surface area contributed by atoms with Gasteiger partial charge in [0.2, 0.25) is 0 Å². The molecule has 0 fully saturated rings. The van der Waals surface area contributed by atoms with Crippen molar-refractivity contribution >= 4 is 22.7 Å². The molecule has 0 unspecified atom stereocenters. The van der Waals surface area contributed by atoms with Crippen LogP contribution in [0.15, 0.2) is 109 Å². The number of thiophene rings is 1. The van der Waals surface area contributed by atoms with Gasteiger partial charge in [0.15, 0.2) is 0 Å². The van der Waals surface area contributed by atoms with E-state index < -0.39 is 0 Å². The van der Waals surface area contributed by atoms with E-state index in [1.165, 1.54) is 32.0 Å². The topological polar surface area (TPSA) is 52.0 Å². The highest BCUT2D eigenvalue weighted by Crippen LogP contribution is 2.51. The zero-order chi connectivity index (χ0) is 21.2. The van der Waals surface area contributed by atoms with Gasteiger partial charge in [-0.05, 0) is 46.5 Å². The molecular formula is C28H22N2S. The molecule has 5 aromatic rings. The third kappa shape index (κ3) is 3.72. The SMILES string of the molecule is Nc1ccc(-c2sc(-c3ccc(N)cc3)c(-c3ccccc3)c2-c2ccccc2)cc1. The first kappa shape index (κ1) is 19.2. The Hall–Kier alpha value is -3.82. The molecule has 4 aromatic carbocycles. The average molecular weight is 419 g/mol. The van der Waals surface area contributed by atoms with Crippen LogP contribution in [-0.4, -0.2) is 0 Å². The number of benzene rings is 4. The molecule has 1 heterocycles. The van der Waals surface area contributed by atoms with Crippen LogP contribution in [0.4, 0.5) is 11.4 Å². The van der Waals surface area contributed by atoms with Gasteiger partial charge in [-0.15, -0.1) is 11.3 Å². The molecule has 5 rings (SSSR count). The summed E-state index contributed by atoms with van der Waals surface area (Å²) >= 11 is 1.81. The molecule has 1 aromatic heterocycles. The molecule has 0 saturated carbocycles. The second-order valence-electron chi connectivity index (χ2n) is 7.49. The predicted octanol–water partition coefficient (Wildman–Crippen LogP) is 7.58. The number of nitrogens with two attached hydrogens (primary N) is 2. The Morgan fingerprint density at radius 2 is 0.742 bits per heavy atom. The van der Waals surface area contributed by atoms with E-state index in [4.69, 9.17) is 11.5 Å². The summed E-state index contributed by atoms with van der Waals surface area (Å²) < 4.78 is 0. The van der Waals surface area contributed by atoms with Gasteiger partial charge >= 0.3 is 0 Å². The van der Waals surface area contributed by atoms with E-state index in [9.17, 15) is 0 Å². The summed E-state index contributed by atoms with van der Waals surface area (Å²) in [7, 11) is 0. The largest absolute Gasteiger partial charge is 0.399 e. The first-order chi connectivity index (χ1) is 15.2. The van der Waals surface area contributed by atoms with E-state index in [1.807, 2.05) is 35.6 Å². The van der Waals surface area contributed by atoms with Crippen LogP contribution in [-0.2, 0) is 0 Å². The van der Waals surface area contributed by atoms with Gasteiger partial charge in [-0.2, -0.15) is 0 Å². The van der Waals surface area contributed by atoms with Gasteiger partial charge in [0, 0.05) is 32.3 Å². The molecular weight excluding hydrogens is 396 g/mol. The minimum Gasteiger partial charge on any atom is -0.399 e. The molecule has 0 spiro atoms. The standard InChI is InChI=1S/C28H22N2S/c29-23-15-11-21(12-16-23)27-25(19-7-3-1-4-8-19)26(20-9-5-2-6-10-20)28(31-27)22-13-17-24(30)18-14-22/h1-18H,29-30H2. The van der Waals surface area contributed by atoms with Crippen LogP contribution in [0.5, 0.6) is 0 Å². The maximum atomic E-state index is 5.98. The third-order valence-electron chi connectivity index (χ3n) is 5.38. The highest BCUT2D eigenvalue weighted by atomic mass is 32.1. The lowest BCUT2D eigenvalue weighted by Gasteiger charge is -2.11. The van der Waals surface area contributed by atoms with Crippen molar-refractivity contribution in [2.45, 2.75) is 0 Å². The van der Waals surface area contributed by atoms with Gasteiger partial charge in [0.05, 0.1) is 0 Å². The third-order valence-corrected chi connectivity index (χ3v) is 6.67. The lowest BCUT2D eigenvalue weighted by molar-refractivity contribution is 1.61. The molecule has 31 heavy (non-hydrogen) atoms. The van der Waals surface area contributed by atoms with E-state index in [2.05, 4.69) is 84.9 Å². The number of nitrogen functional groups attached to an aromatic ring is 2. The molecule has 0 bridgehead atoms. The molecule has 2 nitrogen and oxygen atoms in total. The second-order valence-corrected chi connectivity index (χ2v) is 8.51. The van der Waals surface area contributed by atoms with E-state index in [0.717, 1.165) is 22.5 Å². The molecule has 0 atom stereocenters. The summed E-state index contributed by atoms with van der Waals surface area (Å²) in [4.78, 5) is 2.47. The molecule has 0 aliphatic rings. The van der Waals surface area contributed by atoms with Gasteiger partial charge in [-0.1, -0.05) is 84.9 Å². The Kier molecular flexibility index (Phi) is 5.03. The molecule has 0 aliphatic carbocycles. The maximum absolute atomic E-state index is 5.98. The lowest BCUT2D eigenvalue weighted by atomic mass is 9.91. The summed E-state index contributed by atoms with van der Waals surface area (Å²) in [6.07, 6.45) is 0. The van der Waals surface area contributed by atoms with Crippen molar-refractivity contribution in [3.8, 4) is 43.1 Å². The predicted molar refractivity (Wildman–Crippen MR) is 135 cm³/mol. The number of rotatable bonds is 4. The van der Waals surface area contributed by atoms with E-state index in [-0.39, 0.29) is 0 Å². The van der Waals surface area contributed by atoms with Crippen molar-refractivity contribution in [1.29, 1.82) is 0 Å². The van der Waals surface area contributed by atoms with Crippen LogP contribution in [0.25, 0.3) is 43.1 Å². The number of hydrogen-bond donors (Lipinski definition) is 2. The van der Waals surface area contributed by atoms with Gasteiger partial charge in [0.1, 0.15) is 0 Å². The zero-order valence-corrected chi connectivity index (χ0v) is 17.8. The summed E-state index contributed by atoms with van der Waals surface area (Å²) in [5.74, 6) is 0. The van der Waals surface area contributed by atoms with Crippen molar-refractivity contribution in [3.05, 3.63) is 109 Å². The molecule has 150 valence electrons. The molecule has 0 saturated heterocycles. The zero-order valence-electron chi connectivity index (χ0n) is 17.0. The summed E-state index contributed by atoms with van der Waals surface area (Å²) in [5, 5.41) is 0. The minimum atomic E-state index is 0.767. The fourth-order valence-corrected chi connectivity index (χ4v) is 5.22. The van der Waals surface area contributed by atoms with Gasteiger partial charge in [-0.25, -0.2) is 0 Å². The monoisotopic (exact) mass is 418 g/mol. The Morgan fingerprint density at radius 3 is 1.10 bits per heavy atom. The minimum absolute atomic E-state index is 0.767. The van der Waals surface area contributed by atoms with Crippen LogP contribution in [0.3, 0.4) is 0 Å². The fraction of sp³-hybridized carbons (Fsp3) is 0. The van der Waals surface area contributed by atoms with Crippen LogP contribution < -0.4 is 11.5 Å². The molecule has 0 radical (unpaired) electrons. The number of anilines is 2. The van der Waals surface area contributed by atoms with Crippen molar-refractivity contribution in [1.82, 2.24) is 0 Å². The molecule has 0 aliphatic heterocycles. The van der Waals surface area contributed by atoms with E-state index >= 15 is 0 Å². The van der Waals surface area contributed by atoms with Crippen molar-refractivity contribution < 1.29 is 0 Å². The maximum Gasteiger partial charge on any atom is 0.0434 e. The van der Waals surface area contributed by atoms with E-state index in [1.54, 1.807) is 0 Å². The summed E-state index contributed by atoms with van der Waals surface area (Å²) in [5.41, 5.74) is 20.7. The Balaban J connectivity index is 1.87. The van der Waals surface area contributed by atoms with Crippen molar-refractivity contribution in [3.63, 3.8) is 0 Å². The lowest BCUT2D eigenvalue weighted by Crippen LogP contribution is -1.87.